The second kappa shape index (κ2) is 5.35. The molecule has 0 radical (unpaired) electrons. The van der Waals surface area contributed by atoms with Gasteiger partial charge in [0.15, 0.2) is 5.78 Å². The van der Waals surface area contributed by atoms with Crippen molar-refractivity contribution in [2.45, 2.75) is 51.2 Å². The van der Waals surface area contributed by atoms with Crippen molar-refractivity contribution < 1.29 is 14.6 Å². The summed E-state index contributed by atoms with van der Waals surface area (Å²) in [4.78, 5) is 11.3. The zero-order valence-electron chi connectivity index (χ0n) is 8.16. The Morgan fingerprint density at radius 2 is 2.31 bits per heavy atom. The van der Waals surface area contributed by atoms with Gasteiger partial charge in [-0.15, -0.1) is 0 Å². The number of carbonyl (C=O) groups is 1. The molecule has 1 saturated heterocycles. The van der Waals surface area contributed by atoms with Crippen molar-refractivity contribution in [1.82, 2.24) is 0 Å². The van der Waals surface area contributed by atoms with E-state index in [-0.39, 0.29) is 24.6 Å². The van der Waals surface area contributed by atoms with Gasteiger partial charge in [0.1, 0.15) is 6.10 Å². The first kappa shape index (κ1) is 10.7. The molecule has 2 atom stereocenters. The minimum atomic E-state index is -0.237. The van der Waals surface area contributed by atoms with Crippen molar-refractivity contribution in [3.63, 3.8) is 0 Å². The van der Waals surface area contributed by atoms with E-state index in [4.69, 9.17) is 9.84 Å². The predicted molar refractivity (Wildman–Crippen MR) is 49.5 cm³/mol. The standard InChI is InChI=1S/C10H18O3/c1-2-3-4-5-10-9(12)6-8(7-11)13-10/h8,10-11H,2-7H2,1H3/t8-,10+/m1/s1. The van der Waals surface area contributed by atoms with Crippen molar-refractivity contribution >= 4 is 5.78 Å². The average molecular weight is 186 g/mol. The first-order valence-corrected chi connectivity index (χ1v) is 5.07. The monoisotopic (exact) mass is 186 g/mol. The van der Waals surface area contributed by atoms with Crippen LogP contribution in [0, 0.1) is 0 Å². The van der Waals surface area contributed by atoms with E-state index in [1.54, 1.807) is 0 Å². The molecule has 0 saturated carbocycles. The van der Waals surface area contributed by atoms with Crippen LogP contribution >= 0.6 is 0 Å². The maximum atomic E-state index is 11.3. The fourth-order valence-corrected chi connectivity index (χ4v) is 1.63. The molecule has 3 heteroatoms. The van der Waals surface area contributed by atoms with Crippen LogP contribution in [0.5, 0.6) is 0 Å². The van der Waals surface area contributed by atoms with Gasteiger partial charge < -0.3 is 9.84 Å². The van der Waals surface area contributed by atoms with Crippen LogP contribution in [0.25, 0.3) is 0 Å². The Morgan fingerprint density at radius 1 is 1.54 bits per heavy atom. The molecule has 3 nitrogen and oxygen atoms in total. The predicted octanol–water partition coefficient (Wildman–Crippen LogP) is 1.29. The minimum absolute atomic E-state index is 0.0317. The van der Waals surface area contributed by atoms with Gasteiger partial charge in [0, 0.05) is 6.42 Å². The lowest BCUT2D eigenvalue weighted by atomic mass is 10.1. The second-order valence-corrected chi connectivity index (χ2v) is 3.60. The summed E-state index contributed by atoms with van der Waals surface area (Å²) in [6, 6.07) is 0. The summed E-state index contributed by atoms with van der Waals surface area (Å²) in [6.07, 6.45) is 4.10. The lowest BCUT2D eigenvalue weighted by Gasteiger charge is -2.09. The Kier molecular flexibility index (Phi) is 4.39. The van der Waals surface area contributed by atoms with E-state index in [2.05, 4.69) is 6.92 Å². The third-order valence-corrected chi connectivity index (χ3v) is 2.42. The Labute approximate surface area is 79.1 Å². The van der Waals surface area contributed by atoms with Crippen LogP contribution in [0.4, 0.5) is 0 Å². The van der Waals surface area contributed by atoms with Crippen LogP contribution < -0.4 is 0 Å². The van der Waals surface area contributed by atoms with E-state index < -0.39 is 0 Å². The molecule has 0 unspecified atom stereocenters. The van der Waals surface area contributed by atoms with Crippen molar-refractivity contribution in [1.29, 1.82) is 0 Å². The van der Waals surface area contributed by atoms with Gasteiger partial charge in [0.25, 0.3) is 0 Å². The molecular weight excluding hydrogens is 168 g/mol. The van der Waals surface area contributed by atoms with Crippen LogP contribution in [0.15, 0.2) is 0 Å². The summed E-state index contributed by atoms with van der Waals surface area (Å²) in [5.41, 5.74) is 0. The van der Waals surface area contributed by atoms with Gasteiger partial charge in [-0.05, 0) is 6.42 Å². The normalized spacial score (nSPS) is 28.3. The molecule has 1 heterocycles. The van der Waals surface area contributed by atoms with Crippen molar-refractivity contribution in [3.8, 4) is 0 Å². The fraction of sp³-hybridized carbons (Fsp3) is 0.900. The zero-order chi connectivity index (χ0) is 9.68. The molecule has 1 aliphatic rings. The molecule has 1 aliphatic heterocycles. The number of unbranched alkanes of at least 4 members (excludes halogenated alkanes) is 2. The van der Waals surface area contributed by atoms with Gasteiger partial charge in [-0.3, -0.25) is 4.79 Å². The Morgan fingerprint density at radius 3 is 2.85 bits per heavy atom. The van der Waals surface area contributed by atoms with Gasteiger partial charge >= 0.3 is 0 Å². The van der Waals surface area contributed by atoms with Crippen LogP contribution in [-0.4, -0.2) is 29.7 Å². The van der Waals surface area contributed by atoms with E-state index in [9.17, 15) is 4.79 Å². The number of hydrogen-bond donors (Lipinski definition) is 1. The number of Topliss-reactive ketones (excluding diaryl/α,β-unsaturated/α-hetero) is 1. The molecular formula is C10H18O3. The molecule has 0 aromatic carbocycles. The number of aliphatic hydroxyl groups excluding tert-OH is 1. The first-order chi connectivity index (χ1) is 6.27. The van der Waals surface area contributed by atoms with E-state index in [1.807, 2.05) is 0 Å². The number of carbonyl (C=O) groups excluding carboxylic acids is 1. The average Bonchev–Trinajstić information content (AvgIpc) is 2.48. The van der Waals surface area contributed by atoms with E-state index in [1.165, 1.54) is 0 Å². The Balaban J connectivity index is 2.23. The van der Waals surface area contributed by atoms with E-state index in [0.29, 0.717) is 6.42 Å². The van der Waals surface area contributed by atoms with Crippen molar-refractivity contribution in [2.75, 3.05) is 6.61 Å². The minimum Gasteiger partial charge on any atom is -0.394 e. The van der Waals surface area contributed by atoms with Gasteiger partial charge in [0.05, 0.1) is 12.7 Å². The first-order valence-electron chi connectivity index (χ1n) is 5.07. The molecule has 0 spiro atoms. The second-order valence-electron chi connectivity index (χ2n) is 3.60. The maximum Gasteiger partial charge on any atom is 0.164 e. The van der Waals surface area contributed by atoms with Crippen LogP contribution in [-0.2, 0) is 9.53 Å². The molecule has 1 N–H and O–H groups in total. The summed E-state index contributed by atoms with van der Waals surface area (Å²) >= 11 is 0. The lowest BCUT2D eigenvalue weighted by Crippen LogP contribution is -2.16. The quantitative estimate of drug-likeness (QED) is 0.658. The third-order valence-electron chi connectivity index (χ3n) is 2.42. The van der Waals surface area contributed by atoms with Gasteiger partial charge in [-0.1, -0.05) is 26.2 Å². The van der Waals surface area contributed by atoms with Gasteiger partial charge in [0.2, 0.25) is 0 Å². The molecule has 0 aliphatic carbocycles. The molecule has 0 bridgehead atoms. The van der Waals surface area contributed by atoms with Crippen LogP contribution in [0.3, 0.4) is 0 Å². The summed E-state index contributed by atoms with van der Waals surface area (Å²) in [7, 11) is 0. The highest BCUT2D eigenvalue weighted by Crippen LogP contribution is 2.20. The summed E-state index contributed by atoms with van der Waals surface area (Å²) in [6.45, 7) is 2.10. The lowest BCUT2D eigenvalue weighted by molar-refractivity contribution is -0.123. The molecule has 0 amide bonds. The third kappa shape index (κ3) is 3.08. The summed E-state index contributed by atoms with van der Waals surface area (Å²) in [5, 5.41) is 8.80. The van der Waals surface area contributed by atoms with Crippen LogP contribution in [0.1, 0.15) is 39.0 Å². The number of ether oxygens (including phenoxy) is 1. The molecule has 0 aromatic rings. The van der Waals surface area contributed by atoms with Gasteiger partial charge in [-0.25, -0.2) is 0 Å². The smallest absolute Gasteiger partial charge is 0.164 e. The van der Waals surface area contributed by atoms with Crippen molar-refractivity contribution in [3.05, 3.63) is 0 Å². The zero-order valence-corrected chi connectivity index (χ0v) is 8.16. The highest BCUT2D eigenvalue weighted by molar-refractivity contribution is 5.85. The Hall–Kier alpha value is -0.410. The highest BCUT2D eigenvalue weighted by atomic mass is 16.5. The number of hydrogen-bond acceptors (Lipinski definition) is 3. The fourth-order valence-electron chi connectivity index (χ4n) is 1.63. The largest absolute Gasteiger partial charge is 0.394 e. The molecule has 13 heavy (non-hydrogen) atoms. The number of ketones is 1. The SMILES string of the molecule is CCCCC[C@@H]1O[C@@H](CO)CC1=O. The number of rotatable bonds is 5. The van der Waals surface area contributed by atoms with E-state index in [0.717, 1.165) is 25.7 Å². The molecule has 1 fully saturated rings. The van der Waals surface area contributed by atoms with E-state index >= 15 is 0 Å². The summed E-state index contributed by atoms with van der Waals surface area (Å²) < 4.78 is 5.37. The number of aliphatic hydroxyl groups is 1. The molecule has 1 rings (SSSR count). The summed E-state index contributed by atoms with van der Waals surface area (Å²) in [5.74, 6) is 0.162. The molecule has 76 valence electrons. The Bertz CT molecular complexity index is 168. The van der Waals surface area contributed by atoms with Crippen molar-refractivity contribution in [2.24, 2.45) is 0 Å². The van der Waals surface area contributed by atoms with Gasteiger partial charge in [-0.2, -0.15) is 0 Å². The highest BCUT2D eigenvalue weighted by Gasteiger charge is 2.31. The van der Waals surface area contributed by atoms with Crippen LogP contribution in [0.2, 0.25) is 0 Å². The molecule has 0 aromatic heterocycles. The topological polar surface area (TPSA) is 46.5 Å². The maximum absolute atomic E-state index is 11.3.